The Hall–Kier alpha value is -2.37. The molecule has 0 fully saturated rings. The molecule has 0 atom stereocenters. The van der Waals surface area contributed by atoms with E-state index in [1.165, 1.54) is 13.4 Å². The Bertz CT molecular complexity index is 496. The van der Waals surface area contributed by atoms with Crippen molar-refractivity contribution in [3.63, 3.8) is 0 Å². The van der Waals surface area contributed by atoms with Crippen LogP contribution in [0.15, 0.2) is 36.9 Å². The number of nitrogens with zero attached hydrogens (tertiary/aromatic N) is 3. The quantitative estimate of drug-likeness (QED) is 0.791. The highest BCUT2D eigenvalue weighted by atomic mass is 16.5. The van der Waals surface area contributed by atoms with Crippen LogP contribution in [0.25, 0.3) is 5.69 Å². The van der Waals surface area contributed by atoms with Crippen molar-refractivity contribution in [2.45, 2.75) is 0 Å². The molecule has 0 aliphatic heterocycles. The molecule has 1 aromatic carbocycles. The van der Waals surface area contributed by atoms with E-state index in [1.807, 2.05) is 24.3 Å². The largest absolute Gasteiger partial charge is 0.468 e. The van der Waals surface area contributed by atoms with E-state index in [1.54, 1.807) is 11.0 Å². The van der Waals surface area contributed by atoms with E-state index >= 15 is 0 Å². The van der Waals surface area contributed by atoms with Crippen LogP contribution in [0.4, 0.5) is 5.69 Å². The van der Waals surface area contributed by atoms with Crippen molar-refractivity contribution in [3.8, 4) is 5.69 Å². The van der Waals surface area contributed by atoms with Crippen LogP contribution in [-0.2, 0) is 9.53 Å². The van der Waals surface area contributed by atoms with E-state index in [4.69, 9.17) is 0 Å². The summed E-state index contributed by atoms with van der Waals surface area (Å²) < 4.78 is 6.19. The van der Waals surface area contributed by atoms with Crippen LogP contribution < -0.4 is 5.32 Å². The predicted octanol–water partition coefficient (Wildman–Crippen LogP) is 0.852. The number of aromatic nitrogens is 3. The summed E-state index contributed by atoms with van der Waals surface area (Å²) in [5.41, 5.74) is 1.62. The van der Waals surface area contributed by atoms with Crippen molar-refractivity contribution in [2.24, 2.45) is 0 Å². The van der Waals surface area contributed by atoms with Crippen molar-refractivity contribution in [1.82, 2.24) is 14.8 Å². The zero-order valence-electron chi connectivity index (χ0n) is 9.33. The monoisotopic (exact) mass is 232 g/mol. The van der Waals surface area contributed by atoms with Crippen molar-refractivity contribution in [3.05, 3.63) is 36.9 Å². The van der Waals surface area contributed by atoms with E-state index in [0.29, 0.717) is 0 Å². The second-order valence-corrected chi connectivity index (χ2v) is 3.29. The Morgan fingerprint density at radius 3 is 3.00 bits per heavy atom. The van der Waals surface area contributed by atoms with E-state index in [0.717, 1.165) is 11.4 Å². The third-order valence-electron chi connectivity index (χ3n) is 2.22. The zero-order valence-corrected chi connectivity index (χ0v) is 9.33. The van der Waals surface area contributed by atoms with Gasteiger partial charge in [0.2, 0.25) is 0 Å². The molecule has 0 spiro atoms. The highest BCUT2D eigenvalue weighted by Crippen LogP contribution is 2.18. The van der Waals surface area contributed by atoms with Gasteiger partial charge in [0.15, 0.2) is 0 Å². The van der Waals surface area contributed by atoms with Gasteiger partial charge < -0.3 is 10.1 Å². The van der Waals surface area contributed by atoms with Crippen LogP contribution in [0.1, 0.15) is 0 Å². The normalized spacial score (nSPS) is 9.94. The summed E-state index contributed by atoms with van der Waals surface area (Å²) in [5.74, 6) is -0.321. The molecule has 0 unspecified atom stereocenters. The molecule has 6 heteroatoms. The Kier molecular flexibility index (Phi) is 3.34. The first-order valence-electron chi connectivity index (χ1n) is 5.06. The molecular formula is C11H12N4O2. The standard InChI is InChI=1S/C11H12N4O2/c1-17-11(16)6-13-9-4-2-3-5-10(9)15-8-12-7-14-15/h2-5,7-8,13H,6H2,1H3. The average Bonchev–Trinajstić information content (AvgIpc) is 2.90. The topological polar surface area (TPSA) is 69.0 Å². The third kappa shape index (κ3) is 2.60. The minimum atomic E-state index is -0.321. The summed E-state index contributed by atoms with van der Waals surface area (Å²) in [6.07, 6.45) is 3.05. The maximum absolute atomic E-state index is 11.1. The molecule has 1 heterocycles. The number of anilines is 1. The molecule has 1 aromatic heterocycles. The second kappa shape index (κ2) is 5.11. The summed E-state index contributed by atoms with van der Waals surface area (Å²) in [7, 11) is 1.35. The molecule has 0 bridgehead atoms. The average molecular weight is 232 g/mol. The number of ether oxygens (including phenoxy) is 1. The Balaban J connectivity index is 2.20. The van der Waals surface area contributed by atoms with Gasteiger partial charge in [-0.3, -0.25) is 4.79 Å². The molecule has 0 saturated carbocycles. The molecule has 0 aliphatic rings. The second-order valence-electron chi connectivity index (χ2n) is 3.29. The van der Waals surface area contributed by atoms with Crippen molar-refractivity contribution in [2.75, 3.05) is 19.0 Å². The molecule has 17 heavy (non-hydrogen) atoms. The van der Waals surface area contributed by atoms with Crippen molar-refractivity contribution in [1.29, 1.82) is 0 Å². The molecule has 6 nitrogen and oxygen atoms in total. The van der Waals surface area contributed by atoms with Gasteiger partial charge >= 0.3 is 5.97 Å². The fourth-order valence-electron chi connectivity index (χ4n) is 1.40. The highest BCUT2D eigenvalue weighted by Gasteiger charge is 2.06. The van der Waals surface area contributed by atoms with Crippen molar-refractivity contribution < 1.29 is 9.53 Å². The number of methoxy groups -OCH3 is 1. The van der Waals surface area contributed by atoms with Crippen LogP contribution in [-0.4, -0.2) is 34.4 Å². The van der Waals surface area contributed by atoms with Crippen LogP contribution in [0, 0.1) is 0 Å². The number of carbonyl (C=O) groups excluding carboxylic acids is 1. The van der Waals surface area contributed by atoms with Gasteiger partial charge in [-0.1, -0.05) is 12.1 Å². The van der Waals surface area contributed by atoms with Crippen molar-refractivity contribution >= 4 is 11.7 Å². The summed E-state index contributed by atoms with van der Waals surface area (Å²) in [5, 5.41) is 7.03. The van der Waals surface area contributed by atoms with Gasteiger partial charge in [-0.25, -0.2) is 9.67 Å². The minimum Gasteiger partial charge on any atom is -0.468 e. The predicted molar refractivity (Wildman–Crippen MR) is 61.9 cm³/mol. The molecule has 2 aromatic rings. The fourth-order valence-corrected chi connectivity index (χ4v) is 1.40. The van der Waals surface area contributed by atoms with Gasteiger partial charge in [-0.2, -0.15) is 5.10 Å². The number of benzene rings is 1. The van der Waals surface area contributed by atoms with Gasteiger partial charge in [0.05, 0.1) is 18.5 Å². The molecule has 0 radical (unpaired) electrons. The molecule has 1 N–H and O–H groups in total. The minimum absolute atomic E-state index is 0.113. The lowest BCUT2D eigenvalue weighted by atomic mass is 10.2. The summed E-state index contributed by atoms with van der Waals surface area (Å²) in [4.78, 5) is 14.9. The molecule has 0 saturated heterocycles. The van der Waals surface area contributed by atoms with Gasteiger partial charge in [0.25, 0.3) is 0 Å². The molecule has 0 amide bonds. The summed E-state index contributed by atoms with van der Waals surface area (Å²) >= 11 is 0. The molecular weight excluding hydrogens is 220 g/mol. The van der Waals surface area contributed by atoms with Crippen LogP contribution in [0.2, 0.25) is 0 Å². The first kappa shape index (κ1) is 11.1. The molecule has 0 aliphatic carbocycles. The summed E-state index contributed by atoms with van der Waals surface area (Å²) in [6.45, 7) is 0.113. The van der Waals surface area contributed by atoms with Gasteiger partial charge in [-0.15, -0.1) is 0 Å². The SMILES string of the molecule is COC(=O)CNc1ccccc1-n1cncn1. The lowest BCUT2D eigenvalue weighted by Gasteiger charge is -2.10. The van der Waals surface area contributed by atoms with Gasteiger partial charge in [-0.05, 0) is 12.1 Å². The number of hydrogen-bond acceptors (Lipinski definition) is 5. The number of esters is 1. The molecule has 2 rings (SSSR count). The van der Waals surface area contributed by atoms with E-state index in [2.05, 4.69) is 20.1 Å². The van der Waals surface area contributed by atoms with Gasteiger partial charge in [0, 0.05) is 0 Å². The van der Waals surface area contributed by atoms with E-state index in [-0.39, 0.29) is 12.5 Å². The lowest BCUT2D eigenvalue weighted by molar-refractivity contribution is -0.138. The first-order valence-corrected chi connectivity index (χ1v) is 5.06. The van der Waals surface area contributed by atoms with Crippen LogP contribution >= 0.6 is 0 Å². The third-order valence-corrected chi connectivity index (χ3v) is 2.22. The molecule has 88 valence electrons. The Morgan fingerprint density at radius 2 is 2.29 bits per heavy atom. The fraction of sp³-hybridized carbons (Fsp3) is 0.182. The highest BCUT2D eigenvalue weighted by molar-refractivity contribution is 5.76. The number of para-hydroxylation sites is 2. The summed E-state index contributed by atoms with van der Waals surface area (Å²) in [6, 6.07) is 7.51. The number of hydrogen-bond donors (Lipinski definition) is 1. The van der Waals surface area contributed by atoms with E-state index < -0.39 is 0 Å². The first-order chi connectivity index (χ1) is 8.31. The smallest absolute Gasteiger partial charge is 0.325 e. The number of carbonyl (C=O) groups is 1. The lowest BCUT2D eigenvalue weighted by Crippen LogP contribution is -2.16. The Morgan fingerprint density at radius 1 is 1.47 bits per heavy atom. The number of rotatable bonds is 4. The van der Waals surface area contributed by atoms with Crippen LogP contribution in [0.5, 0.6) is 0 Å². The van der Waals surface area contributed by atoms with Gasteiger partial charge in [0.1, 0.15) is 19.2 Å². The number of nitrogens with one attached hydrogen (secondary N) is 1. The van der Waals surface area contributed by atoms with Crippen LogP contribution in [0.3, 0.4) is 0 Å². The zero-order chi connectivity index (χ0) is 12.1. The van der Waals surface area contributed by atoms with E-state index in [9.17, 15) is 4.79 Å². The maximum atomic E-state index is 11.1. The maximum Gasteiger partial charge on any atom is 0.325 e. The Labute approximate surface area is 98.2 Å².